The van der Waals surface area contributed by atoms with Crippen LogP contribution in [-0.2, 0) is 27.0 Å². The Morgan fingerprint density at radius 2 is 1.74 bits per heavy atom. The molecule has 166 valence electrons. The number of benzene rings is 2. The molecule has 1 aliphatic heterocycles. The fourth-order valence-corrected chi connectivity index (χ4v) is 5.50. The van der Waals surface area contributed by atoms with E-state index in [-0.39, 0.29) is 16.2 Å². The van der Waals surface area contributed by atoms with Crippen LogP contribution in [0.1, 0.15) is 64.9 Å². The van der Waals surface area contributed by atoms with E-state index in [4.69, 9.17) is 12.6 Å². The maximum Gasteiger partial charge on any atom is 0.382 e. The second-order valence-corrected chi connectivity index (χ2v) is 9.84. The molecule has 1 aliphatic rings. The molecule has 4 nitrogen and oxygen atoms in total. The lowest BCUT2D eigenvalue weighted by molar-refractivity contribution is -0.873. The monoisotopic (exact) mass is 439 g/mol. The van der Waals surface area contributed by atoms with Gasteiger partial charge in [0.2, 0.25) is 0 Å². The standard InChI is InChI=1S/C26H33NO3S/c1-5-16-27(24(29)23(28)26(3,4)6-2)17-10-15-21(22(27)25(30)31)20-14-9-12-18-11-7-8-13-19(18)20/h7-9,11-14,21-22H,5-6,10,15-17H2,1-4H3. The summed E-state index contributed by atoms with van der Waals surface area (Å²) in [7, 11) is 0. The van der Waals surface area contributed by atoms with Gasteiger partial charge in [0, 0.05) is 11.3 Å². The van der Waals surface area contributed by atoms with Crippen molar-refractivity contribution in [1.82, 2.24) is 0 Å². The molecule has 3 rings (SSSR count). The van der Waals surface area contributed by atoms with E-state index >= 15 is 0 Å². The van der Waals surface area contributed by atoms with Gasteiger partial charge in [0.05, 0.1) is 18.2 Å². The van der Waals surface area contributed by atoms with Crippen LogP contribution in [0.5, 0.6) is 0 Å². The molecular weight excluding hydrogens is 406 g/mol. The molecule has 0 aliphatic carbocycles. The smallest absolute Gasteiger partial charge is 0.382 e. The van der Waals surface area contributed by atoms with Gasteiger partial charge in [-0.1, -0.05) is 70.2 Å². The number of fused-ring (bicyclic) bond motifs is 1. The Morgan fingerprint density at radius 1 is 1.06 bits per heavy atom. The molecule has 2 aromatic carbocycles. The lowest BCUT2D eigenvalue weighted by Crippen LogP contribution is -2.69. The highest BCUT2D eigenvalue weighted by molar-refractivity contribution is 7.77. The lowest BCUT2D eigenvalue weighted by atomic mass is 9.78. The number of Topliss-reactive ketones (excluding diaryl/α,β-unsaturated/α-hetero) is 1. The number of hydrogen-bond donors (Lipinski definition) is 0. The number of rotatable bonds is 7. The van der Waals surface area contributed by atoms with Gasteiger partial charge in [-0.05, 0) is 42.0 Å². The van der Waals surface area contributed by atoms with Gasteiger partial charge in [-0.25, -0.2) is 9.28 Å². The van der Waals surface area contributed by atoms with E-state index in [1.54, 1.807) is 0 Å². The maximum atomic E-state index is 13.8. The molecule has 0 saturated carbocycles. The van der Waals surface area contributed by atoms with Crippen LogP contribution in [0.25, 0.3) is 10.8 Å². The number of likely N-dealkylation sites (tertiary alicyclic amines) is 1. The molecule has 3 unspecified atom stereocenters. The van der Waals surface area contributed by atoms with Crippen molar-refractivity contribution in [1.29, 1.82) is 0 Å². The van der Waals surface area contributed by atoms with Crippen molar-refractivity contribution < 1.29 is 18.9 Å². The second kappa shape index (κ2) is 9.17. The molecule has 0 bridgehead atoms. The van der Waals surface area contributed by atoms with Crippen LogP contribution in [0.3, 0.4) is 0 Å². The van der Waals surface area contributed by atoms with Crippen molar-refractivity contribution in [2.24, 2.45) is 5.41 Å². The summed E-state index contributed by atoms with van der Waals surface area (Å²) in [6.07, 6.45) is 2.83. The molecule has 1 heterocycles. The molecule has 5 heteroatoms. The Bertz CT molecular complexity index is 990. The fourth-order valence-electron chi connectivity index (χ4n) is 5.13. The third-order valence-electron chi connectivity index (χ3n) is 7.17. The first kappa shape index (κ1) is 23.6. The zero-order chi connectivity index (χ0) is 22.8. The van der Waals surface area contributed by atoms with E-state index in [1.807, 2.05) is 52.0 Å². The second-order valence-electron chi connectivity index (χ2n) is 9.43. The van der Waals surface area contributed by atoms with E-state index in [1.165, 1.54) is 0 Å². The highest BCUT2D eigenvalue weighted by atomic mass is 32.1. The number of amides is 1. The summed E-state index contributed by atoms with van der Waals surface area (Å²) < 4.78 is -0.130. The van der Waals surface area contributed by atoms with E-state index in [0.29, 0.717) is 25.9 Å². The fraction of sp³-hybridized carbons (Fsp3) is 0.500. The van der Waals surface area contributed by atoms with Gasteiger partial charge in [-0.2, -0.15) is 0 Å². The van der Waals surface area contributed by atoms with Gasteiger partial charge < -0.3 is 17.4 Å². The molecule has 3 atom stereocenters. The van der Waals surface area contributed by atoms with Gasteiger partial charge in [-0.15, -0.1) is 0 Å². The summed E-state index contributed by atoms with van der Waals surface area (Å²) in [4.78, 5) is 40.1. The quantitative estimate of drug-likeness (QED) is 0.349. The normalized spacial score (nSPS) is 24.1. The average Bonchev–Trinajstić information content (AvgIpc) is 2.77. The largest absolute Gasteiger partial charge is 0.736 e. The molecule has 2 aromatic rings. The minimum atomic E-state index is -0.752. The van der Waals surface area contributed by atoms with Crippen LogP contribution in [0, 0.1) is 5.41 Å². The molecule has 1 saturated heterocycles. The Balaban J connectivity index is 2.17. The predicted molar refractivity (Wildman–Crippen MR) is 126 cm³/mol. The lowest BCUT2D eigenvalue weighted by Gasteiger charge is -2.49. The summed E-state index contributed by atoms with van der Waals surface area (Å²) >= 11 is 5.27. The molecule has 0 spiro atoms. The number of carbonyl (C=O) groups excluding carboxylic acids is 3. The Hall–Kier alpha value is -2.11. The van der Waals surface area contributed by atoms with E-state index in [0.717, 1.165) is 29.2 Å². The van der Waals surface area contributed by atoms with Gasteiger partial charge in [0.1, 0.15) is 6.04 Å². The molecule has 1 fully saturated rings. The topological polar surface area (TPSA) is 51.2 Å². The van der Waals surface area contributed by atoms with Crippen molar-refractivity contribution in [3.8, 4) is 0 Å². The zero-order valence-electron chi connectivity index (χ0n) is 19.0. The predicted octanol–water partition coefficient (Wildman–Crippen LogP) is 4.92. The number of ketones is 1. The van der Waals surface area contributed by atoms with Crippen LogP contribution in [0.15, 0.2) is 42.5 Å². The first-order chi connectivity index (χ1) is 14.7. The van der Waals surface area contributed by atoms with Crippen LogP contribution in [-0.4, -0.2) is 40.4 Å². The Kier molecular flexibility index (Phi) is 6.97. The molecular formula is C26H33NO3S. The van der Waals surface area contributed by atoms with Crippen LogP contribution >= 0.6 is 0 Å². The van der Waals surface area contributed by atoms with Crippen LogP contribution in [0.2, 0.25) is 0 Å². The summed E-state index contributed by atoms with van der Waals surface area (Å²) in [5.41, 5.74) is 0.298. The SMILES string of the molecule is CCC[N+]1(C(=O)C(=O)C(C)(C)CC)CCCC(c2cccc3ccccc23)C1C(=O)[S-]. The molecule has 0 N–H and O–H groups in total. The summed E-state index contributed by atoms with van der Waals surface area (Å²) in [5.74, 6) is -1.01. The van der Waals surface area contributed by atoms with E-state index in [9.17, 15) is 14.4 Å². The summed E-state index contributed by atoms with van der Waals surface area (Å²) in [6, 6.07) is 13.5. The Labute approximate surface area is 191 Å². The highest BCUT2D eigenvalue weighted by Gasteiger charge is 2.55. The van der Waals surface area contributed by atoms with Crippen molar-refractivity contribution in [3.63, 3.8) is 0 Å². The van der Waals surface area contributed by atoms with Crippen molar-refractivity contribution in [2.45, 2.75) is 65.3 Å². The van der Waals surface area contributed by atoms with Crippen molar-refractivity contribution in [2.75, 3.05) is 13.1 Å². The van der Waals surface area contributed by atoms with Crippen molar-refractivity contribution >= 4 is 40.2 Å². The number of hydrogen-bond acceptors (Lipinski definition) is 4. The van der Waals surface area contributed by atoms with E-state index in [2.05, 4.69) is 18.2 Å². The average molecular weight is 440 g/mol. The number of quaternary nitrogens is 1. The number of nitrogens with zero attached hydrogens (tertiary/aromatic N) is 1. The molecule has 0 aromatic heterocycles. The van der Waals surface area contributed by atoms with Gasteiger partial charge in [0.15, 0.2) is 0 Å². The minimum Gasteiger partial charge on any atom is -0.736 e. The first-order valence-corrected chi connectivity index (χ1v) is 11.7. The molecule has 0 radical (unpaired) electrons. The highest BCUT2D eigenvalue weighted by Crippen LogP contribution is 2.42. The summed E-state index contributed by atoms with van der Waals surface area (Å²) in [6.45, 7) is 8.49. The molecule has 1 amide bonds. The van der Waals surface area contributed by atoms with Gasteiger partial charge in [-0.3, -0.25) is 4.79 Å². The third kappa shape index (κ3) is 4.18. The third-order valence-corrected chi connectivity index (χ3v) is 7.41. The first-order valence-electron chi connectivity index (χ1n) is 11.3. The Morgan fingerprint density at radius 3 is 2.39 bits per heavy atom. The van der Waals surface area contributed by atoms with Gasteiger partial charge in [0.25, 0.3) is 5.78 Å². The van der Waals surface area contributed by atoms with E-state index < -0.39 is 22.5 Å². The van der Waals surface area contributed by atoms with Crippen LogP contribution in [0.4, 0.5) is 0 Å². The number of carbonyl (C=O) groups is 3. The number of piperidine rings is 1. The minimum absolute atomic E-state index is 0.130. The summed E-state index contributed by atoms with van der Waals surface area (Å²) in [5, 5.41) is 1.77. The van der Waals surface area contributed by atoms with Gasteiger partial charge >= 0.3 is 5.91 Å². The zero-order valence-corrected chi connectivity index (χ0v) is 19.8. The molecule has 31 heavy (non-hydrogen) atoms. The van der Waals surface area contributed by atoms with Crippen LogP contribution < -0.4 is 0 Å². The maximum absolute atomic E-state index is 13.8. The van der Waals surface area contributed by atoms with Crippen molar-refractivity contribution in [3.05, 3.63) is 48.0 Å².